The first-order valence-electron chi connectivity index (χ1n) is 17.6. The van der Waals surface area contributed by atoms with E-state index in [-0.39, 0.29) is 0 Å². The van der Waals surface area contributed by atoms with Crippen LogP contribution in [0, 0.1) is 0 Å². The highest BCUT2D eigenvalue weighted by atomic mass is 32.2. The summed E-state index contributed by atoms with van der Waals surface area (Å²) < 4.78 is 0. The molecule has 0 amide bonds. The molecule has 7 aromatic carbocycles. The Labute approximate surface area is 312 Å². The summed E-state index contributed by atoms with van der Waals surface area (Å²) in [5.41, 5.74) is 12.3. The number of fused-ring (bicyclic) bond motifs is 2. The SMILES string of the molecule is c1ccc(-c2ccc(-c3nc(-c4ccccc4)nc(-c4ccc(-c5ccc(-c6ccc7ccnc8c7c6-c6ccccc6S8)cc5)cc4)n3)cc2)cc1. The lowest BCUT2D eigenvalue weighted by molar-refractivity contribution is 1.07. The molecule has 0 atom stereocenters. The molecule has 1 aliphatic heterocycles. The fraction of sp³-hybridized carbons (Fsp3) is 0. The van der Waals surface area contributed by atoms with Crippen LogP contribution in [-0.2, 0) is 0 Å². The minimum Gasteiger partial charge on any atom is -0.249 e. The van der Waals surface area contributed by atoms with Gasteiger partial charge >= 0.3 is 0 Å². The Morgan fingerprint density at radius 1 is 0.340 bits per heavy atom. The van der Waals surface area contributed by atoms with Gasteiger partial charge in [-0.3, -0.25) is 0 Å². The maximum absolute atomic E-state index is 4.99. The standard InChI is InChI=1S/C48H30N4S/c1-3-9-31(10-4-1)32-17-23-38(24-18-32)46-50-45(37-11-5-2-6-12-37)51-47(52-46)39-25-19-34(20-26-39)33-15-21-35(22-16-33)40-28-27-36-29-30-49-48-43(36)44(40)41-13-7-8-14-42(41)53-48/h1-30H. The highest BCUT2D eigenvalue weighted by Crippen LogP contribution is 2.50. The van der Waals surface area contributed by atoms with E-state index in [1.165, 1.54) is 43.5 Å². The van der Waals surface area contributed by atoms with Crippen molar-refractivity contribution in [2.45, 2.75) is 9.92 Å². The van der Waals surface area contributed by atoms with Gasteiger partial charge in [0.15, 0.2) is 17.5 Å². The van der Waals surface area contributed by atoms with Crippen LogP contribution in [0.2, 0.25) is 0 Å². The normalized spacial score (nSPS) is 11.7. The van der Waals surface area contributed by atoms with Gasteiger partial charge in [0, 0.05) is 38.7 Å². The second-order valence-corrected chi connectivity index (χ2v) is 14.1. The van der Waals surface area contributed by atoms with E-state index < -0.39 is 0 Å². The van der Waals surface area contributed by atoms with E-state index in [2.05, 4.69) is 140 Å². The van der Waals surface area contributed by atoms with Gasteiger partial charge in [0.1, 0.15) is 5.03 Å². The average molecular weight is 695 g/mol. The molecule has 0 radical (unpaired) electrons. The van der Waals surface area contributed by atoms with E-state index in [0.29, 0.717) is 17.5 Å². The van der Waals surface area contributed by atoms with Crippen molar-refractivity contribution < 1.29 is 0 Å². The van der Waals surface area contributed by atoms with Gasteiger partial charge in [-0.2, -0.15) is 0 Å². The molecule has 2 aromatic heterocycles. The Balaban J connectivity index is 0.982. The predicted octanol–water partition coefficient (Wildman–Crippen LogP) is 12.6. The monoisotopic (exact) mass is 694 g/mol. The molecule has 53 heavy (non-hydrogen) atoms. The Hall–Kier alpha value is -6.69. The lowest BCUT2D eigenvalue weighted by Crippen LogP contribution is -2.00. The van der Waals surface area contributed by atoms with Crippen LogP contribution in [0.1, 0.15) is 0 Å². The highest BCUT2D eigenvalue weighted by Gasteiger charge is 2.23. The first kappa shape index (κ1) is 31.1. The number of nitrogens with zero attached hydrogens (tertiary/aromatic N) is 4. The van der Waals surface area contributed by atoms with Crippen LogP contribution in [-0.4, -0.2) is 19.9 Å². The molecular weight excluding hydrogens is 665 g/mol. The largest absolute Gasteiger partial charge is 0.249 e. The summed E-state index contributed by atoms with van der Waals surface area (Å²) in [4.78, 5) is 20.9. The molecule has 0 saturated heterocycles. The first-order chi connectivity index (χ1) is 26.2. The molecule has 0 aliphatic carbocycles. The van der Waals surface area contributed by atoms with E-state index in [1.54, 1.807) is 11.8 Å². The lowest BCUT2D eigenvalue weighted by atomic mass is 9.89. The van der Waals surface area contributed by atoms with Crippen LogP contribution >= 0.6 is 11.8 Å². The van der Waals surface area contributed by atoms with Crippen molar-refractivity contribution in [1.29, 1.82) is 0 Å². The van der Waals surface area contributed by atoms with Crippen LogP contribution in [0.5, 0.6) is 0 Å². The van der Waals surface area contributed by atoms with Gasteiger partial charge in [-0.05, 0) is 56.5 Å². The van der Waals surface area contributed by atoms with Crippen molar-refractivity contribution in [3.63, 3.8) is 0 Å². The number of hydrogen-bond donors (Lipinski definition) is 0. The smallest absolute Gasteiger partial charge is 0.164 e. The number of pyridine rings is 1. The molecule has 4 nitrogen and oxygen atoms in total. The third-order valence-electron chi connectivity index (χ3n) is 9.85. The summed E-state index contributed by atoms with van der Waals surface area (Å²) in [7, 11) is 0. The molecule has 0 saturated carbocycles. The van der Waals surface area contributed by atoms with Gasteiger partial charge in [0.25, 0.3) is 0 Å². The maximum Gasteiger partial charge on any atom is 0.164 e. The number of hydrogen-bond acceptors (Lipinski definition) is 5. The summed E-state index contributed by atoms with van der Waals surface area (Å²) in [6.07, 6.45) is 1.91. The minimum absolute atomic E-state index is 0.639. The van der Waals surface area contributed by atoms with E-state index >= 15 is 0 Å². The van der Waals surface area contributed by atoms with E-state index in [1.807, 2.05) is 42.6 Å². The molecule has 9 aromatic rings. The molecule has 0 N–H and O–H groups in total. The van der Waals surface area contributed by atoms with Gasteiger partial charge < -0.3 is 0 Å². The quantitative estimate of drug-likeness (QED) is 0.173. The van der Waals surface area contributed by atoms with E-state index in [0.717, 1.165) is 38.4 Å². The fourth-order valence-corrected chi connectivity index (χ4v) is 8.22. The van der Waals surface area contributed by atoms with Crippen LogP contribution < -0.4 is 0 Å². The molecule has 0 bridgehead atoms. The number of rotatable bonds is 6. The van der Waals surface area contributed by atoms with Crippen LogP contribution in [0.25, 0.3) is 89.4 Å². The Bertz CT molecular complexity index is 2760. The summed E-state index contributed by atoms with van der Waals surface area (Å²) >= 11 is 1.75. The second kappa shape index (κ2) is 13.1. The summed E-state index contributed by atoms with van der Waals surface area (Å²) in [6.45, 7) is 0. The molecule has 0 unspecified atom stereocenters. The van der Waals surface area contributed by atoms with Gasteiger partial charge in [-0.25, -0.2) is 19.9 Å². The Morgan fingerprint density at radius 2 is 0.792 bits per heavy atom. The van der Waals surface area contributed by atoms with Crippen molar-refractivity contribution >= 4 is 22.5 Å². The van der Waals surface area contributed by atoms with Crippen LogP contribution in [0.15, 0.2) is 192 Å². The zero-order valence-electron chi connectivity index (χ0n) is 28.5. The molecule has 1 aliphatic rings. The molecular formula is C48H30N4S. The topological polar surface area (TPSA) is 51.6 Å². The number of aromatic nitrogens is 4. The number of benzene rings is 7. The van der Waals surface area contributed by atoms with Crippen molar-refractivity contribution in [3.8, 4) is 78.7 Å². The highest BCUT2D eigenvalue weighted by molar-refractivity contribution is 7.99. The zero-order valence-corrected chi connectivity index (χ0v) is 29.3. The zero-order chi connectivity index (χ0) is 35.1. The molecule has 5 heteroatoms. The third-order valence-corrected chi connectivity index (χ3v) is 10.9. The predicted molar refractivity (Wildman–Crippen MR) is 217 cm³/mol. The van der Waals surface area contributed by atoms with Gasteiger partial charge in [-0.1, -0.05) is 176 Å². The van der Waals surface area contributed by atoms with Crippen molar-refractivity contribution in [2.75, 3.05) is 0 Å². The average Bonchev–Trinajstić information content (AvgIpc) is 3.24. The van der Waals surface area contributed by atoms with Crippen LogP contribution in [0.3, 0.4) is 0 Å². The van der Waals surface area contributed by atoms with Gasteiger partial charge in [0.05, 0.1) is 0 Å². The summed E-state index contributed by atoms with van der Waals surface area (Å²) in [6, 6.07) is 61.5. The molecule has 248 valence electrons. The van der Waals surface area contributed by atoms with Crippen molar-refractivity contribution in [3.05, 3.63) is 182 Å². The maximum atomic E-state index is 4.99. The van der Waals surface area contributed by atoms with Crippen LogP contribution in [0.4, 0.5) is 0 Å². The molecule has 3 heterocycles. The Morgan fingerprint density at radius 3 is 1.38 bits per heavy atom. The van der Waals surface area contributed by atoms with E-state index in [4.69, 9.17) is 19.9 Å². The molecule has 10 rings (SSSR count). The Kier molecular flexibility index (Phi) is 7.70. The van der Waals surface area contributed by atoms with Crippen molar-refractivity contribution in [1.82, 2.24) is 19.9 Å². The molecule has 0 spiro atoms. The second-order valence-electron chi connectivity index (χ2n) is 13.1. The van der Waals surface area contributed by atoms with E-state index in [9.17, 15) is 0 Å². The summed E-state index contributed by atoms with van der Waals surface area (Å²) in [5, 5.41) is 3.51. The first-order valence-corrected chi connectivity index (χ1v) is 18.4. The third kappa shape index (κ3) is 5.78. The fourth-order valence-electron chi connectivity index (χ4n) is 7.15. The van der Waals surface area contributed by atoms with Gasteiger partial charge in [-0.15, -0.1) is 0 Å². The lowest BCUT2D eigenvalue weighted by Gasteiger charge is -2.22. The summed E-state index contributed by atoms with van der Waals surface area (Å²) in [5.74, 6) is 1.93. The minimum atomic E-state index is 0.639. The van der Waals surface area contributed by atoms with Gasteiger partial charge in [0.2, 0.25) is 0 Å². The molecule has 0 fully saturated rings. The van der Waals surface area contributed by atoms with Crippen molar-refractivity contribution in [2.24, 2.45) is 0 Å².